The Kier molecular flexibility index (Phi) is 11.4. The Bertz CT molecular complexity index is 1400. The van der Waals surface area contributed by atoms with Crippen molar-refractivity contribution in [3.63, 3.8) is 0 Å². The summed E-state index contributed by atoms with van der Waals surface area (Å²) in [6.45, 7) is 19.0. The highest BCUT2D eigenvalue weighted by Crippen LogP contribution is 2.72. The summed E-state index contributed by atoms with van der Waals surface area (Å²) in [5.74, 6) is 1.58. The van der Waals surface area contributed by atoms with Gasteiger partial charge in [0.25, 0.3) is 0 Å². The Morgan fingerprint density at radius 3 is 2.33 bits per heavy atom. The summed E-state index contributed by atoms with van der Waals surface area (Å²) in [6.07, 6.45) is 10.7. The topological polar surface area (TPSA) is 119 Å². The van der Waals surface area contributed by atoms with Crippen molar-refractivity contribution >= 4 is 30.4 Å². The van der Waals surface area contributed by atoms with Crippen LogP contribution in [0.5, 0.6) is 0 Å². The van der Waals surface area contributed by atoms with Crippen LogP contribution in [0.3, 0.4) is 0 Å². The number of amides is 1. The second kappa shape index (κ2) is 14.7. The minimum absolute atomic E-state index is 0.0839. The molecule has 5 aliphatic rings. The van der Waals surface area contributed by atoms with E-state index in [4.69, 9.17) is 9.47 Å². The van der Waals surface area contributed by atoms with Crippen LogP contribution in [-0.4, -0.2) is 73.7 Å². The van der Waals surface area contributed by atoms with Crippen molar-refractivity contribution in [2.45, 2.75) is 144 Å². The van der Waals surface area contributed by atoms with E-state index in [0.29, 0.717) is 37.1 Å². The van der Waals surface area contributed by atoms with E-state index in [1.807, 2.05) is 7.05 Å². The third kappa shape index (κ3) is 7.35. The lowest BCUT2D eigenvalue weighted by Crippen LogP contribution is -2.64. The van der Waals surface area contributed by atoms with Crippen LogP contribution in [0.15, 0.2) is 11.1 Å². The Balaban J connectivity index is 1.33. The molecule has 286 valence electrons. The first-order chi connectivity index (χ1) is 23.8. The van der Waals surface area contributed by atoms with Crippen molar-refractivity contribution in [1.82, 2.24) is 10.2 Å². The van der Waals surface area contributed by atoms with Gasteiger partial charge in [0, 0.05) is 30.2 Å². The molecule has 9 heteroatoms. The molecule has 1 amide bonds. The molecule has 0 aromatic carbocycles. The first-order valence-electron chi connectivity index (χ1n) is 19.9. The molecule has 51 heavy (non-hydrogen) atoms. The summed E-state index contributed by atoms with van der Waals surface area (Å²) >= 11 is 0. The quantitative estimate of drug-likeness (QED) is 0.119. The van der Waals surface area contributed by atoms with Gasteiger partial charge in [0.05, 0.1) is 12.0 Å². The summed E-state index contributed by atoms with van der Waals surface area (Å²) in [4.78, 5) is 64.4. The molecule has 0 spiro atoms. The number of ketones is 1. The number of alkyl carbamates (subject to hydrolysis) is 1. The molecule has 8 unspecified atom stereocenters. The Hall–Kier alpha value is -2.55. The van der Waals surface area contributed by atoms with Crippen LogP contribution in [-0.2, 0) is 28.7 Å². The molecule has 1 N–H and O–H groups in total. The van der Waals surface area contributed by atoms with Crippen molar-refractivity contribution in [2.75, 3.05) is 26.7 Å². The van der Waals surface area contributed by atoms with Crippen molar-refractivity contribution in [2.24, 2.45) is 51.2 Å². The molecule has 5 rings (SSSR count). The normalized spacial score (nSPS) is 35.7. The predicted molar refractivity (Wildman–Crippen MR) is 197 cm³/mol. The number of rotatable bonds is 13. The summed E-state index contributed by atoms with van der Waals surface area (Å²) in [6, 6.07) is 0. The number of hydrogen-bond acceptors (Lipinski definition) is 8. The average molecular weight is 711 g/mol. The molecule has 0 bridgehead atoms. The Morgan fingerprint density at radius 2 is 1.67 bits per heavy atom. The van der Waals surface area contributed by atoms with E-state index in [9.17, 15) is 24.0 Å². The average Bonchev–Trinajstić information content (AvgIpc) is 3.34. The summed E-state index contributed by atoms with van der Waals surface area (Å²) in [5, 5.41) is 3.29. The summed E-state index contributed by atoms with van der Waals surface area (Å²) < 4.78 is 11.9. The highest BCUT2D eigenvalue weighted by Gasteiger charge is 2.67. The van der Waals surface area contributed by atoms with Gasteiger partial charge in [0.15, 0.2) is 5.78 Å². The lowest BCUT2D eigenvalue weighted by atomic mass is 9.37. The second-order valence-corrected chi connectivity index (χ2v) is 19.1. The molecule has 0 aromatic heterocycles. The van der Waals surface area contributed by atoms with Gasteiger partial charge >= 0.3 is 12.1 Å². The Morgan fingerprint density at radius 1 is 0.961 bits per heavy atom. The van der Waals surface area contributed by atoms with E-state index in [-0.39, 0.29) is 59.0 Å². The maximum atomic E-state index is 13.8. The van der Waals surface area contributed by atoms with Crippen molar-refractivity contribution < 1.29 is 33.4 Å². The molecular weight excluding hydrogens is 644 g/mol. The summed E-state index contributed by atoms with van der Waals surface area (Å²) in [5.41, 5.74) is 0.734. The van der Waals surface area contributed by atoms with Crippen molar-refractivity contribution in [3.05, 3.63) is 11.1 Å². The van der Waals surface area contributed by atoms with Crippen LogP contribution in [0.4, 0.5) is 4.79 Å². The molecule has 4 saturated carbocycles. The number of carbonyl (C=O) groups is 5. The first-order valence-corrected chi connectivity index (χ1v) is 19.9. The second-order valence-electron chi connectivity index (χ2n) is 19.1. The van der Waals surface area contributed by atoms with Gasteiger partial charge in [0.1, 0.15) is 25.3 Å². The minimum Gasteiger partial charge on any atom is -0.462 e. The monoisotopic (exact) mass is 710 g/mol. The molecule has 9 nitrogen and oxygen atoms in total. The van der Waals surface area contributed by atoms with Crippen molar-refractivity contribution in [3.8, 4) is 0 Å². The molecule has 5 aliphatic carbocycles. The summed E-state index contributed by atoms with van der Waals surface area (Å²) in [7, 11) is 1.96. The molecule has 8 atom stereocenters. The number of esters is 1. The fourth-order valence-electron chi connectivity index (χ4n) is 12.3. The van der Waals surface area contributed by atoms with Gasteiger partial charge < -0.3 is 29.3 Å². The van der Waals surface area contributed by atoms with E-state index < -0.39 is 17.0 Å². The smallest absolute Gasteiger partial charge is 0.407 e. The van der Waals surface area contributed by atoms with Gasteiger partial charge in [-0.05, 0) is 123 Å². The number of carbonyl (C=O) groups excluding carboxylic acids is 5. The maximum Gasteiger partial charge on any atom is 0.407 e. The number of likely N-dealkylation sites (N-methyl/N-ethyl adjacent to an activating group) is 1. The molecule has 0 saturated heterocycles. The maximum absolute atomic E-state index is 13.8. The fraction of sp³-hybridized carbons (Fsp3) is 0.833. The molecule has 0 aromatic rings. The number of nitrogens with one attached hydrogen (secondary N) is 1. The van der Waals surface area contributed by atoms with Gasteiger partial charge in [-0.25, -0.2) is 4.79 Å². The molecule has 0 aliphatic heterocycles. The zero-order valence-electron chi connectivity index (χ0n) is 33.0. The first kappa shape index (κ1) is 39.7. The van der Waals surface area contributed by atoms with E-state index in [0.717, 1.165) is 82.5 Å². The number of ether oxygens (including phenoxy) is 2. The number of hydrogen-bond donors (Lipinski definition) is 1. The predicted octanol–water partition coefficient (Wildman–Crippen LogP) is 7.49. The van der Waals surface area contributed by atoms with Gasteiger partial charge in [-0.2, -0.15) is 0 Å². The van der Waals surface area contributed by atoms with Crippen LogP contribution in [0.2, 0.25) is 0 Å². The largest absolute Gasteiger partial charge is 0.462 e. The van der Waals surface area contributed by atoms with Crippen LogP contribution in [0, 0.1) is 51.2 Å². The number of unbranched alkanes of at least 4 members (excludes halogenated alkanes) is 1. The Labute approximate surface area is 306 Å². The van der Waals surface area contributed by atoms with E-state index in [1.165, 1.54) is 5.57 Å². The molecular formula is C42H66N2O7. The number of nitrogens with zero attached hydrogens (tertiary/aromatic N) is 1. The molecule has 0 radical (unpaired) electrons. The standard InChI is InChI=1S/C42H66N2O7/c1-27(2)35-30(47)24-42(43-37(49)50-23-21-44(9)20-10-11-22-45)19-14-29-28(36(35)42)12-13-32-40(29,7)17-15-31-39(5,6)33(16-18-41(31,32)8)51-34(48)25-38(3,4)26-46/h22,26-29,31-33H,10-21,23-25H2,1-9H3,(H,43,49). The van der Waals surface area contributed by atoms with Crippen LogP contribution in [0.25, 0.3) is 0 Å². The van der Waals surface area contributed by atoms with E-state index in [2.05, 4.69) is 51.8 Å². The van der Waals surface area contributed by atoms with Crippen molar-refractivity contribution in [1.29, 1.82) is 0 Å². The number of allylic oxidation sites excluding steroid dienone is 1. The third-order valence-corrected chi connectivity index (χ3v) is 14.6. The fourth-order valence-corrected chi connectivity index (χ4v) is 12.3. The number of aldehydes is 2. The van der Waals surface area contributed by atoms with Crippen LogP contribution >= 0.6 is 0 Å². The molecule has 4 fully saturated rings. The highest BCUT2D eigenvalue weighted by molar-refractivity contribution is 6.02. The van der Waals surface area contributed by atoms with Gasteiger partial charge in [-0.15, -0.1) is 0 Å². The number of Topliss-reactive ketones (excluding diaryl/α,β-unsaturated/α-hetero) is 1. The molecule has 0 heterocycles. The van der Waals surface area contributed by atoms with E-state index in [1.54, 1.807) is 13.8 Å². The van der Waals surface area contributed by atoms with Crippen LogP contribution < -0.4 is 5.32 Å². The minimum atomic E-state index is -0.729. The van der Waals surface area contributed by atoms with Gasteiger partial charge in [-0.1, -0.05) is 55.4 Å². The third-order valence-electron chi connectivity index (χ3n) is 14.6. The van der Waals surface area contributed by atoms with Crippen LogP contribution in [0.1, 0.15) is 132 Å². The van der Waals surface area contributed by atoms with E-state index >= 15 is 0 Å². The lowest BCUT2D eigenvalue weighted by molar-refractivity contribution is -0.213. The van der Waals surface area contributed by atoms with Gasteiger partial charge in [-0.3, -0.25) is 9.59 Å². The number of fused-ring (bicyclic) bond motifs is 7. The zero-order valence-corrected chi connectivity index (χ0v) is 33.0. The van der Waals surface area contributed by atoms with Gasteiger partial charge in [0.2, 0.25) is 0 Å². The zero-order chi connectivity index (χ0) is 37.6. The highest BCUT2D eigenvalue weighted by atomic mass is 16.6. The lowest BCUT2D eigenvalue weighted by Gasteiger charge is -2.68. The SMILES string of the molecule is CC(C)C1=C2C3CCC4C(C)(CCC5C(C)(C)C(OC(=O)CC(C)(C)C=O)CCC54C)C3CCC2(NC(=O)OCCN(C)CCCC=O)CC1=O.